The van der Waals surface area contributed by atoms with Crippen molar-refractivity contribution in [2.45, 2.75) is 51.4 Å². The lowest BCUT2D eigenvalue weighted by molar-refractivity contribution is 0.332. The van der Waals surface area contributed by atoms with Crippen molar-refractivity contribution in [3.63, 3.8) is 0 Å². The number of para-hydroxylation sites is 4. The molecule has 0 radical (unpaired) electrons. The summed E-state index contributed by atoms with van der Waals surface area (Å²) in [5.41, 5.74) is 12.2. The Bertz CT molecular complexity index is 2730. The minimum atomic E-state index is 0.110. The van der Waals surface area contributed by atoms with E-state index in [0.717, 1.165) is 27.6 Å². The van der Waals surface area contributed by atoms with Crippen LogP contribution in [0.3, 0.4) is 0 Å². The van der Waals surface area contributed by atoms with E-state index in [4.69, 9.17) is 4.42 Å². The third-order valence-corrected chi connectivity index (χ3v) is 11.2. The minimum Gasteiger partial charge on any atom is -0.454 e. The Balaban J connectivity index is 1.41. The summed E-state index contributed by atoms with van der Waals surface area (Å²) in [5.74, 6) is 0. The highest BCUT2D eigenvalue weighted by Crippen LogP contribution is 2.50. The molecule has 3 aromatic heterocycles. The fourth-order valence-electron chi connectivity index (χ4n) is 8.65. The highest BCUT2D eigenvalue weighted by molar-refractivity contribution is 6.29. The summed E-state index contributed by atoms with van der Waals surface area (Å²) in [6, 6.07) is 44.4. The first kappa shape index (κ1) is 26.9. The minimum absolute atomic E-state index is 0.110. The zero-order chi connectivity index (χ0) is 31.7. The molecule has 47 heavy (non-hydrogen) atoms. The first-order chi connectivity index (χ1) is 22.8. The van der Waals surface area contributed by atoms with Crippen LogP contribution in [0.5, 0.6) is 0 Å². The fraction of sp³-hybridized carbons (Fsp3) is 0.182. The number of rotatable bonds is 2. The first-order valence-corrected chi connectivity index (χ1v) is 16.8. The van der Waals surface area contributed by atoms with Crippen LogP contribution in [0.1, 0.15) is 51.7 Å². The normalized spacial score (nSPS) is 15.8. The van der Waals surface area contributed by atoms with Crippen molar-refractivity contribution in [2.75, 3.05) is 0 Å². The van der Waals surface area contributed by atoms with Crippen LogP contribution in [-0.2, 0) is 10.8 Å². The SMILES string of the molecule is CC1(C)CCC(C)(C)c2cc3c(cc21)c1c2c4ccccc4n(-c4cccc5c4oc4ccccc45)c2ccc1n3-c1ccccc1. The van der Waals surface area contributed by atoms with Crippen molar-refractivity contribution >= 4 is 65.6 Å². The van der Waals surface area contributed by atoms with Gasteiger partial charge in [-0.05, 0) is 89.4 Å². The average molecular weight is 609 g/mol. The maximum atomic E-state index is 6.60. The van der Waals surface area contributed by atoms with Gasteiger partial charge >= 0.3 is 0 Å². The van der Waals surface area contributed by atoms with Gasteiger partial charge in [-0.15, -0.1) is 0 Å². The molecule has 0 unspecified atom stereocenters. The second kappa shape index (κ2) is 9.17. The van der Waals surface area contributed by atoms with Crippen LogP contribution in [-0.4, -0.2) is 9.13 Å². The zero-order valence-corrected chi connectivity index (χ0v) is 27.3. The molecule has 0 N–H and O–H groups in total. The van der Waals surface area contributed by atoms with Gasteiger partial charge in [0, 0.05) is 38.0 Å². The van der Waals surface area contributed by atoms with Gasteiger partial charge in [-0.25, -0.2) is 0 Å². The number of aromatic nitrogens is 2. The molecule has 1 aliphatic carbocycles. The number of furan rings is 1. The largest absolute Gasteiger partial charge is 0.454 e. The third-order valence-electron chi connectivity index (χ3n) is 11.2. The molecule has 3 nitrogen and oxygen atoms in total. The van der Waals surface area contributed by atoms with Crippen LogP contribution in [0.4, 0.5) is 0 Å². The molecular formula is C44H36N2O. The van der Waals surface area contributed by atoms with Crippen molar-refractivity contribution < 1.29 is 4.42 Å². The number of hydrogen-bond donors (Lipinski definition) is 0. The molecule has 0 atom stereocenters. The van der Waals surface area contributed by atoms with Crippen LogP contribution >= 0.6 is 0 Å². The molecule has 0 aliphatic heterocycles. The average Bonchev–Trinajstić information content (AvgIpc) is 3.74. The second-order valence-electron chi connectivity index (χ2n) is 14.8. The van der Waals surface area contributed by atoms with Crippen LogP contribution < -0.4 is 0 Å². The summed E-state index contributed by atoms with van der Waals surface area (Å²) in [5, 5.41) is 7.47. The van der Waals surface area contributed by atoms with Gasteiger partial charge < -0.3 is 13.6 Å². The van der Waals surface area contributed by atoms with E-state index in [-0.39, 0.29) is 10.8 Å². The molecule has 6 aromatic carbocycles. The summed E-state index contributed by atoms with van der Waals surface area (Å²) < 4.78 is 11.5. The highest BCUT2D eigenvalue weighted by Gasteiger charge is 2.38. The molecule has 0 amide bonds. The molecule has 0 fully saturated rings. The Morgan fingerprint density at radius 3 is 1.89 bits per heavy atom. The van der Waals surface area contributed by atoms with Crippen molar-refractivity contribution in [1.29, 1.82) is 0 Å². The Hall–Kier alpha value is -5.28. The summed E-state index contributed by atoms with van der Waals surface area (Å²) >= 11 is 0. The molecule has 3 heteroatoms. The predicted molar refractivity (Wildman–Crippen MR) is 198 cm³/mol. The Morgan fingerprint density at radius 2 is 1.11 bits per heavy atom. The lowest BCUT2D eigenvalue weighted by Crippen LogP contribution is -2.33. The smallest absolute Gasteiger partial charge is 0.159 e. The molecule has 0 spiro atoms. The number of fused-ring (bicyclic) bond motifs is 11. The number of benzene rings is 6. The lowest BCUT2D eigenvalue weighted by Gasteiger charge is -2.42. The van der Waals surface area contributed by atoms with Crippen LogP contribution in [0.15, 0.2) is 126 Å². The van der Waals surface area contributed by atoms with E-state index in [9.17, 15) is 0 Å². The van der Waals surface area contributed by atoms with Crippen LogP contribution in [0, 0.1) is 0 Å². The zero-order valence-electron chi connectivity index (χ0n) is 27.3. The Morgan fingerprint density at radius 1 is 0.489 bits per heavy atom. The van der Waals surface area contributed by atoms with Gasteiger partial charge in [0.2, 0.25) is 0 Å². The number of hydrogen-bond acceptors (Lipinski definition) is 1. The Kier molecular flexibility index (Phi) is 5.24. The van der Waals surface area contributed by atoms with E-state index in [2.05, 4.69) is 152 Å². The first-order valence-electron chi connectivity index (χ1n) is 16.8. The van der Waals surface area contributed by atoms with E-state index in [1.54, 1.807) is 0 Å². The lowest BCUT2D eigenvalue weighted by atomic mass is 9.63. The highest BCUT2D eigenvalue weighted by atomic mass is 16.3. The molecule has 3 heterocycles. The molecule has 0 bridgehead atoms. The quantitative estimate of drug-likeness (QED) is 0.191. The Labute approximate surface area is 273 Å². The van der Waals surface area contributed by atoms with Gasteiger partial charge in [0.25, 0.3) is 0 Å². The van der Waals surface area contributed by atoms with Crippen molar-refractivity contribution in [1.82, 2.24) is 9.13 Å². The molecule has 10 rings (SSSR count). The number of nitrogens with zero attached hydrogens (tertiary/aromatic N) is 2. The molecule has 228 valence electrons. The third kappa shape index (κ3) is 3.57. The van der Waals surface area contributed by atoms with Crippen LogP contribution in [0.2, 0.25) is 0 Å². The summed E-state index contributed by atoms with van der Waals surface area (Å²) in [4.78, 5) is 0. The maximum Gasteiger partial charge on any atom is 0.159 e. The van der Waals surface area contributed by atoms with Gasteiger partial charge in [-0.2, -0.15) is 0 Å². The van der Waals surface area contributed by atoms with Gasteiger partial charge in [-0.1, -0.05) is 94.4 Å². The van der Waals surface area contributed by atoms with Gasteiger partial charge in [0.1, 0.15) is 5.58 Å². The molecule has 0 saturated heterocycles. The van der Waals surface area contributed by atoms with E-state index in [1.807, 2.05) is 6.07 Å². The summed E-state index contributed by atoms with van der Waals surface area (Å²) in [6.07, 6.45) is 2.38. The van der Waals surface area contributed by atoms with Crippen molar-refractivity contribution in [3.8, 4) is 11.4 Å². The summed E-state index contributed by atoms with van der Waals surface area (Å²) in [6.45, 7) is 9.71. The van der Waals surface area contributed by atoms with E-state index < -0.39 is 0 Å². The molecular weight excluding hydrogens is 572 g/mol. The van der Waals surface area contributed by atoms with Crippen LogP contribution in [0.25, 0.3) is 76.9 Å². The molecule has 9 aromatic rings. The topological polar surface area (TPSA) is 23.0 Å². The van der Waals surface area contributed by atoms with Crippen molar-refractivity contribution in [2.24, 2.45) is 0 Å². The van der Waals surface area contributed by atoms with Gasteiger partial charge in [-0.3, -0.25) is 0 Å². The van der Waals surface area contributed by atoms with Gasteiger partial charge in [0.05, 0.1) is 27.8 Å². The summed E-state index contributed by atoms with van der Waals surface area (Å²) in [7, 11) is 0. The standard InChI is InChI=1S/C44H36N2O/c1-43(2)23-24-44(3,4)33-26-38-31(25-32(33)43)41-35(45(38)27-13-6-5-7-14-27)21-22-36-40(41)30-16-8-10-18-34(30)46(36)37-19-12-17-29-28-15-9-11-20-39(28)47-42(29)37/h5-22,25-26H,23-24H2,1-4H3. The van der Waals surface area contributed by atoms with E-state index >= 15 is 0 Å². The monoisotopic (exact) mass is 608 g/mol. The van der Waals surface area contributed by atoms with Crippen molar-refractivity contribution in [3.05, 3.63) is 132 Å². The molecule has 0 saturated carbocycles. The predicted octanol–water partition coefficient (Wildman–Crippen LogP) is 12.1. The maximum absolute atomic E-state index is 6.60. The molecule has 1 aliphatic rings. The second-order valence-corrected chi connectivity index (χ2v) is 14.8. The van der Waals surface area contributed by atoms with E-state index in [0.29, 0.717) is 0 Å². The van der Waals surface area contributed by atoms with Gasteiger partial charge in [0.15, 0.2) is 5.58 Å². The fourth-order valence-corrected chi connectivity index (χ4v) is 8.65. The van der Waals surface area contributed by atoms with E-state index in [1.165, 1.54) is 73.3 Å².